The maximum atomic E-state index is 13.2. The van der Waals surface area contributed by atoms with Gasteiger partial charge in [0.1, 0.15) is 17.3 Å². The van der Waals surface area contributed by atoms with Crippen molar-refractivity contribution in [3.05, 3.63) is 113 Å². The van der Waals surface area contributed by atoms with E-state index in [-0.39, 0.29) is 33.9 Å². The third-order valence-corrected chi connectivity index (χ3v) is 6.32. The van der Waals surface area contributed by atoms with Crippen LogP contribution in [-0.4, -0.2) is 39.2 Å². The summed E-state index contributed by atoms with van der Waals surface area (Å²) in [4.78, 5) is 40.8. The topological polar surface area (TPSA) is 144 Å². The number of hydrogen-bond donors (Lipinski definition) is 2. The Kier molecular flexibility index (Phi) is 8.16. The second-order valence-electron chi connectivity index (χ2n) is 8.57. The second-order valence-corrected chi connectivity index (χ2v) is 8.57. The molecule has 3 aromatic rings. The van der Waals surface area contributed by atoms with Crippen molar-refractivity contribution >= 4 is 29.2 Å². The number of nitriles is 1. The first kappa shape index (κ1) is 27.5. The number of nitrogens with one attached hydrogen (secondary N) is 1. The molecule has 3 N–H and O–H groups in total. The lowest BCUT2D eigenvalue weighted by molar-refractivity contribution is -0.139. The number of carbonyl (C=O) groups excluding carboxylic acids is 3. The SMILES string of the molecule is COC(=O)C1=C(C(=O)OC)N(c2cccc(C(=O)Nc3ccc(OC)cc3)c2)C(N)=C(C#N)C1c1ccccc1. The monoisotopic (exact) mass is 538 g/mol. The van der Waals surface area contributed by atoms with Crippen LogP contribution in [0.25, 0.3) is 0 Å². The average Bonchev–Trinajstić information content (AvgIpc) is 3.00. The van der Waals surface area contributed by atoms with E-state index in [4.69, 9.17) is 19.9 Å². The Balaban J connectivity index is 1.86. The number of nitrogens with zero attached hydrogens (tertiary/aromatic N) is 2. The lowest BCUT2D eigenvalue weighted by Gasteiger charge is -2.36. The van der Waals surface area contributed by atoms with E-state index >= 15 is 0 Å². The number of amides is 1. The number of rotatable bonds is 7. The van der Waals surface area contributed by atoms with Gasteiger partial charge in [0.25, 0.3) is 5.91 Å². The summed E-state index contributed by atoms with van der Waals surface area (Å²) in [7, 11) is 3.88. The molecule has 10 heteroatoms. The average molecular weight is 539 g/mol. The highest BCUT2D eigenvalue weighted by Gasteiger charge is 2.43. The van der Waals surface area contributed by atoms with Gasteiger partial charge in [0, 0.05) is 16.9 Å². The van der Waals surface area contributed by atoms with E-state index in [1.807, 2.05) is 0 Å². The van der Waals surface area contributed by atoms with E-state index in [9.17, 15) is 19.6 Å². The standard InChI is InChI=1S/C30H26N4O6/c1-38-22-14-12-20(13-15-22)33-28(35)19-10-7-11-21(16-19)34-26(30(37)40-3)25(29(36)39-2)24(23(17-31)27(34)32)18-8-5-4-6-9-18/h4-16,24H,32H2,1-3H3,(H,33,35). The van der Waals surface area contributed by atoms with Crippen LogP contribution < -0.4 is 20.7 Å². The number of anilines is 2. The van der Waals surface area contributed by atoms with Gasteiger partial charge >= 0.3 is 11.9 Å². The Hall–Kier alpha value is -5.56. The van der Waals surface area contributed by atoms with Crippen molar-refractivity contribution < 1.29 is 28.6 Å². The number of methoxy groups -OCH3 is 3. The molecule has 10 nitrogen and oxygen atoms in total. The van der Waals surface area contributed by atoms with Crippen molar-refractivity contribution in [3.8, 4) is 11.8 Å². The van der Waals surface area contributed by atoms with Gasteiger partial charge in [0.05, 0.1) is 44.5 Å². The lowest BCUT2D eigenvalue weighted by atomic mass is 9.81. The molecule has 4 rings (SSSR count). The molecular weight excluding hydrogens is 512 g/mol. The quantitative estimate of drug-likeness (QED) is 0.429. The van der Waals surface area contributed by atoms with Crippen LogP contribution in [0.4, 0.5) is 11.4 Å². The van der Waals surface area contributed by atoms with Crippen LogP contribution >= 0.6 is 0 Å². The molecule has 1 aliphatic heterocycles. The maximum absolute atomic E-state index is 13.2. The number of benzene rings is 3. The van der Waals surface area contributed by atoms with Crippen molar-refractivity contribution in [2.45, 2.75) is 5.92 Å². The molecule has 1 heterocycles. The first-order valence-corrected chi connectivity index (χ1v) is 12.1. The van der Waals surface area contributed by atoms with Crippen LogP contribution in [-0.2, 0) is 19.1 Å². The predicted octanol–water partition coefficient (Wildman–Crippen LogP) is 3.85. The molecule has 1 unspecified atom stereocenters. The third-order valence-electron chi connectivity index (χ3n) is 6.32. The van der Waals surface area contributed by atoms with Crippen molar-refractivity contribution in [2.75, 3.05) is 31.5 Å². The minimum Gasteiger partial charge on any atom is -0.497 e. The van der Waals surface area contributed by atoms with E-state index in [0.29, 0.717) is 17.0 Å². The van der Waals surface area contributed by atoms with E-state index in [1.165, 1.54) is 25.2 Å². The van der Waals surface area contributed by atoms with Gasteiger partial charge in [-0.25, -0.2) is 9.59 Å². The molecule has 0 bridgehead atoms. The highest BCUT2D eigenvalue weighted by molar-refractivity contribution is 6.08. The summed E-state index contributed by atoms with van der Waals surface area (Å²) in [6, 6.07) is 23.8. The molecule has 202 valence electrons. The van der Waals surface area contributed by atoms with Gasteiger partial charge in [0.15, 0.2) is 0 Å². The number of nitrogens with two attached hydrogens (primary N) is 1. The Morgan fingerprint density at radius 3 is 2.17 bits per heavy atom. The Morgan fingerprint density at radius 2 is 1.57 bits per heavy atom. The first-order chi connectivity index (χ1) is 19.3. The van der Waals surface area contributed by atoms with Crippen molar-refractivity contribution in [2.24, 2.45) is 5.73 Å². The summed E-state index contributed by atoms with van der Waals surface area (Å²) >= 11 is 0. The third kappa shape index (κ3) is 5.21. The Morgan fingerprint density at radius 1 is 0.900 bits per heavy atom. The van der Waals surface area contributed by atoms with E-state index in [0.717, 1.165) is 0 Å². The zero-order chi connectivity index (χ0) is 28.8. The Labute approximate surface area is 230 Å². The first-order valence-electron chi connectivity index (χ1n) is 12.1. The fourth-order valence-electron chi connectivity index (χ4n) is 4.45. The van der Waals surface area contributed by atoms with Gasteiger partial charge in [-0.1, -0.05) is 36.4 Å². The van der Waals surface area contributed by atoms with Crippen LogP contribution in [0.15, 0.2) is 102 Å². The molecule has 1 atom stereocenters. The number of allylic oxidation sites excluding steroid dienone is 1. The van der Waals surface area contributed by atoms with Gasteiger partial charge in [-0.2, -0.15) is 5.26 Å². The largest absolute Gasteiger partial charge is 0.497 e. The smallest absolute Gasteiger partial charge is 0.355 e. The van der Waals surface area contributed by atoms with Gasteiger partial charge in [0.2, 0.25) is 0 Å². The predicted molar refractivity (Wildman–Crippen MR) is 147 cm³/mol. The highest BCUT2D eigenvalue weighted by atomic mass is 16.5. The van der Waals surface area contributed by atoms with Gasteiger partial charge in [-0.05, 0) is 48.0 Å². The molecule has 1 aliphatic rings. The fraction of sp³-hybridized carbons (Fsp3) is 0.133. The zero-order valence-corrected chi connectivity index (χ0v) is 22.0. The molecule has 0 aromatic heterocycles. The number of hydrogen-bond acceptors (Lipinski definition) is 9. The summed E-state index contributed by atoms with van der Waals surface area (Å²) in [5.41, 5.74) is 7.77. The fourth-order valence-corrected chi connectivity index (χ4v) is 4.45. The highest BCUT2D eigenvalue weighted by Crippen LogP contribution is 2.43. The second kappa shape index (κ2) is 11.9. The molecule has 0 spiro atoms. The molecule has 0 saturated heterocycles. The lowest BCUT2D eigenvalue weighted by Crippen LogP contribution is -2.40. The van der Waals surface area contributed by atoms with Crippen molar-refractivity contribution in [1.29, 1.82) is 5.26 Å². The molecule has 0 aliphatic carbocycles. The number of esters is 2. The molecule has 0 saturated carbocycles. The molecule has 0 radical (unpaired) electrons. The number of carbonyl (C=O) groups is 3. The molecule has 0 fully saturated rings. The zero-order valence-electron chi connectivity index (χ0n) is 22.0. The summed E-state index contributed by atoms with van der Waals surface area (Å²) in [6.45, 7) is 0. The maximum Gasteiger partial charge on any atom is 0.355 e. The molecular formula is C30H26N4O6. The molecule has 1 amide bonds. The van der Waals surface area contributed by atoms with Crippen LogP contribution in [0.1, 0.15) is 21.8 Å². The van der Waals surface area contributed by atoms with E-state index < -0.39 is 23.8 Å². The molecule has 3 aromatic carbocycles. The molecule has 40 heavy (non-hydrogen) atoms. The Bertz CT molecular complexity index is 1560. The minimum atomic E-state index is -0.995. The van der Waals surface area contributed by atoms with Gasteiger partial charge < -0.3 is 25.3 Å². The normalized spacial score (nSPS) is 14.8. The number of ether oxygens (including phenoxy) is 3. The summed E-state index contributed by atoms with van der Waals surface area (Å²) in [5, 5.41) is 13.0. The van der Waals surface area contributed by atoms with Gasteiger partial charge in [-0.3, -0.25) is 9.69 Å². The van der Waals surface area contributed by atoms with E-state index in [2.05, 4.69) is 11.4 Å². The van der Waals surface area contributed by atoms with Crippen molar-refractivity contribution in [1.82, 2.24) is 0 Å². The minimum absolute atomic E-state index is 0.0207. The summed E-state index contributed by atoms with van der Waals surface area (Å²) in [6.07, 6.45) is 0. The van der Waals surface area contributed by atoms with Crippen molar-refractivity contribution in [3.63, 3.8) is 0 Å². The van der Waals surface area contributed by atoms with Crippen LogP contribution in [0.3, 0.4) is 0 Å². The summed E-state index contributed by atoms with van der Waals surface area (Å²) < 4.78 is 15.2. The van der Waals surface area contributed by atoms with E-state index in [1.54, 1.807) is 79.9 Å². The van der Waals surface area contributed by atoms with Gasteiger partial charge in [-0.15, -0.1) is 0 Å². The van der Waals surface area contributed by atoms with Crippen LogP contribution in [0.5, 0.6) is 5.75 Å². The summed E-state index contributed by atoms with van der Waals surface area (Å²) in [5.74, 6) is -2.62. The van der Waals surface area contributed by atoms with Crippen LogP contribution in [0, 0.1) is 11.3 Å². The van der Waals surface area contributed by atoms with Crippen LogP contribution in [0.2, 0.25) is 0 Å².